The molecular weight excluding hydrogens is 162 g/mol. The fourth-order valence-corrected chi connectivity index (χ4v) is 1.06. The van der Waals surface area contributed by atoms with Crippen molar-refractivity contribution in [1.29, 1.82) is 0 Å². The lowest BCUT2D eigenvalue weighted by molar-refractivity contribution is 0.371. The van der Waals surface area contributed by atoms with E-state index in [1.807, 2.05) is 38.4 Å². The van der Waals surface area contributed by atoms with Crippen molar-refractivity contribution in [3.8, 4) is 0 Å². The highest BCUT2D eigenvalue weighted by molar-refractivity contribution is 5.60. The lowest BCUT2D eigenvalue weighted by atomic mass is 10.2. The molecule has 0 aliphatic rings. The summed E-state index contributed by atoms with van der Waals surface area (Å²) in [6, 6.07) is 8.08. The third-order valence-corrected chi connectivity index (χ3v) is 1.95. The van der Waals surface area contributed by atoms with Gasteiger partial charge in [-0.3, -0.25) is 0 Å². The summed E-state index contributed by atoms with van der Waals surface area (Å²) < 4.78 is 5.03. The Morgan fingerprint density at radius 2 is 1.77 bits per heavy atom. The Morgan fingerprint density at radius 3 is 2.15 bits per heavy atom. The molecule has 0 amide bonds. The summed E-state index contributed by atoms with van der Waals surface area (Å²) in [5.74, 6) is 0.699. The van der Waals surface area contributed by atoms with Crippen LogP contribution in [0.15, 0.2) is 30.8 Å². The molecule has 70 valence electrons. The van der Waals surface area contributed by atoms with Crippen LogP contribution in [-0.2, 0) is 4.74 Å². The molecule has 0 unspecified atom stereocenters. The first kappa shape index (κ1) is 9.65. The van der Waals surface area contributed by atoms with Crippen molar-refractivity contribution < 1.29 is 4.74 Å². The zero-order valence-corrected chi connectivity index (χ0v) is 8.37. The number of hydrogen-bond donors (Lipinski definition) is 0. The fraction of sp³-hybridized carbons (Fsp3) is 0.273. The standard InChI is InChI=1S/C11H15NO/c1-9(13-4)10-5-7-11(8-6-10)12(2)3/h5-8H,1H2,2-4H3. The first-order valence-electron chi connectivity index (χ1n) is 4.16. The van der Waals surface area contributed by atoms with E-state index in [2.05, 4.69) is 11.5 Å². The first-order valence-corrected chi connectivity index (χ1v) is 4.16. The van der Waals surface area contributed by atoms with E-state index in [0.717, 1.165) is 5.56 Å². The number of nitrogens with zero attached hydrogens (tertiary/aromatic N) is 1. The number of anilines is 1. The van der Waals surface area contributed by atoms with Crippen LogP contribution < -0.4 is 4.90 Å². The molecule has 0 fully saturated rings. The van der Waals surface area contributed by atoms with Gasteiger partial charge in [0.05, 0.1) is 7.11 Å². The molecule has 0 aliphatic carbocycles. The summed E-state index contributed by atoms with van der Waals surface area (Å²) in [5, 5.41) is 0. The zero-order valence-electron chi connectivity index (χ0n) is 8.37. The molecule has 0 heterocycles. The van der Waals surface area contributed by atoms with Crippen LogP contribution >= 0.6 is 0 Å². The topological polar surface area (TPSA) is 12.5 Å². The van der Waals surface area contributed by atoms with Crippen molar-refractivity contribution in [3.05, 3.63) is 36.4 Å². The molecule has 0 saturated carbocycles. The molecule has 0 aromatic heterocycles. The molecule has 1 aromatic carbocycles. The summed E-state index contributed by atoms with van der Waals surface area (Å²) in [5.41, 5.74) is 2.20. The minimum atomic E-state index is 0.699. The molecule has 13 heavy (non-hydrogen) atoms. The molecule has 1 rings (SSSR count). The monoisotopic (exact) mass is 177 g/mol. The maximum Gasteiger partial charge on any atom is 0.118 e. The van der Waals surface area contributed by atoms with Crippen molar-refractivity contribution in [2.24, 2.45) is 0 Å². The summed E-state index contributed by atoms with van der Waals surface area (Å²) >= 11 is 0. The lowest BCUT2D eigenvalue weighted by Gasteiger charge is -2.12. The van der Waals surface area contributed by atoms with Gasteiger partial charge in [0.15, 0.2) is 0 Å². The second kappa shape index (κ2) is 3.99. The van der Waals surface area contributed by atoms with Crippen molar-refractivity contribution in [2.45, 2.75) is 0 Å². The van der Waals surface area contributed by atoms with E-state index in [9.17, 15) is 0 Å². The van der Waals surface area contributed by atoms with Gasteiger partial charge in [0, 0.05) is 25.3 Å². The van der Waals surface area contributed by atoms with Crippen LogP contribution in [0.5, 0.6) is 0 Å². The summed E-state index contributed by atoms with van der Waals surface area (Å²) in [4.78, 5) is 2.05. The molecule has 0 saturated heterocycles. The predicted octanol–water partition coefficient (Wildman–Crippen LogP) is 2.37. The highest BCUT2D eigenvalue weighted by Gasteiger charge is 1.98. The van der Waals surface area contributed by atoms with Crippen LogP contribution in [0.25, 0.3) is 5.76 Å². The Labute approximate surface area is 79.4 Å². The number of methoxy groups -OCH3 is 1. The van der Waals surface area contributed by atoms with Gasteiger partial charge in [0.2, 0.25) is 0 Å². The second-order valence-corrected chi connectivity index (χ2v) is 3.07. The van der Waals surface area contributed by atoms with Gasteiger partial charge in [-0.05, 0) is 24.3 Å². The fourth-order valence-electron chi connectivity index (χ4n) is 1.06. The van der Waals surface area contributed by atoms with E-state index < -0.39 is 0 Å². The van der Waals surface area contributed by atoms with E-state index in [0.29, 0.717) is 5.76 Å². The van der Waals surface area contributed by atoms with Gasteiger partial charge >= 0.3 is 0 Å². The average Bonchev–Trinajstić information content (AvgIpc) is 2.17. The minimum absolute atomic E-state index is 0.699. The Hall–Kier alpha value is -1.44. The third kappa shape index (κ3) is 2.25. The zero-order chi connectivity index (χ0) is 9.84. The van der Waals surface area contributed by atoms with Crippen molar-refractivity contribution >= 4 is 11.4 Å². The van der Waals surface area contributed by atoms with Crippen LogP contribution in [-0.4, -0.2) is 21.2 Å². The largest absolute Gasteiger partial charge is 0.497 e. The van der Waals surface area contributed by atoms with Gasteiger partial charge < -0.3 is 9.64 Å². The molecular formula is C11H15NO. The lowest BCUT2D eigenvalue weighted by Crippen LogP contribution is -2.08. The molecule has 0 spiro atoms. The maximum atomic E-state index is 5.03. The summed E-state index contributed by atoms with van der Waals surface area (Å²) in [6.07, 6.45) is 0. The van der Waals surface area contributed by atoms with Crippen molar-refractivity contribution in [2.75, 3.05) is 26.1 Å². The molecule has 1 aromatic rings. The normalized spacial score (nSPS) is 9.46. The molecule has 2 heteroatoms. The van der Waals surface area contributed by atoms with Crippen LogP contribution in [0.4, 0.5) is 5.69 Å². The third-order valence-electron chi connectivity index (χ3n) is 1.95. The highest BCUT2D eigenvalue weighted by atomic mass is 16.5. The second-order valence-electron chi connectivity index (χ2n) is 3.07. The van der Waals surface area contributed by atoms with E-state index in [-0.39, 0.29) is 0 Å². The summed E-state index contributed by atoms with van der Waals surface area (Å²) in [6.45, 7) is 3.78. The number of benzene rings is 1. The number of ether oxygens (including phenoxy) is 1. The summed E-state index contributed by atoms with van der Waals surface area (Å²) in [7, 11) is 5.66. The Bertz CT molecular complexity index is 287. The van der Waals surface area contributed by atoms with E-state index in [4.69, 9.17) is 4.74 Å². The van der Waals surface area contributed by atoms with Crippen molar-refractivity contribution in [1.82, 2.24) is 0 Å². The molecule has 0 aliphatic heterocycles. The highest BCUT2D eigenvalue weighted by Crippen LogP contribution is 2.17. The van der Waals surface area contributed by atoms with Crippen LogP contribution in [0.3, 0.4) is 0 Å². The van der Waals surface area contributed by atoms with Crippen LogP contribution in [0.2, 0.25) is 0 Å². The predicted molar refractivity (Wildman–Crippen MR) is 56.8 cm³/mol. The maximum absolute atomic E-state index is 5.03. The smallest absolute Gasteiger partial charge is 0.118 e. The molecule has 0 radical (unpaired) electrons. The van der Waals surface area contributed by atoms with E-state index in [1.165, 1.54) is 5.69 Å². The van der Waals surface area contributed by atoms with E-state index >= 15 is 0 Å². The minimum Gasteiger partial charge on any atom is -0.497 e. The van der Waals surface area contributed by atoms with Gasteiger partial charge in [-0.1, -0.05) is 6.58 Å². The van der Waals surface area contributed by atoms with E-state index in [1.54, 1.807) is 7.11 Å². The van der Waals surface area contributed by atoms with Crippen LogP contribution in [0, 0.1) is 0 Å². The van der Waals surface area contributed by atoms with Gasteiger partial charge in [-0.2, -0.15) is 0 Å². The SMILES string of the molecule is C=C(OC)c1ccc(N(C)C)cc1. The Kier molecular flexibility index (Phi) is 2.96. The number of rotatable bonds is 3. The molecule has 0 N–H and O–H groups in total. The van der Waals surface area contributed by atoms with Crippen molar-refractivity contribution in [3.63, 3.8) is 0 Å². The van der Waals surface area contributed by atoms with Gasteiger partial charge in [0.25, 0.3) is 0 Å². The molecule has 0 atom stereocenters. The quantitative estimate of drug-likeness (QED) is 0.657. The van der Waals surface area contributed by atoms with Gasteiger partial charge in [0.1, 0.15) is 5.76 Å². The molecule has 2 nitrogen and oxygen atoms in total. The average molecular weight is 177 g/mol. The first-order chi connectivity index (χ1) is 6.15. The molecule has 0 bridgehead atoms. The number of hydrogen-bond acceptors (Lipinski definition) is 2. The van der Waals surface area contributed by atoms with Crippen LogP contribution in [0.1, 0.15) is 5.56 Å². The Morgan fingerprint density at radius 1 is 1.23 bits per heavy atom. The Balaban J connectivity index is 2.87. The van der Waals surface area contributed by atoms with Gasteiger partial charge in [-0.15, -0.1) is 0 Å². The van der Waals surface area contributed by atoms with Gasteiger partial charge in [-0.25, -0.2) is 0 Å².